The largest absolute Gasteiger partial charge is 0.480 e. The fourth-order valence-electron chi connectivity index (χ4n) is 1.11. The number of carbonyl (C=O) groups is 3. The zero-order valence-corrected chi connectivity index (χ0v) is 7.61. The topological polar surface area (TPSA) is 130 Å². The number of carboxylic acids is 2. The van der Waals surface area contributed by atoms with E-state index in [1.807, 2.05) is 0 Å². The number of hydrogen-bond acceptors (Lipinski definition) is 4. The zero-order chi connectivity index (χ0) is 11.4. The lowest BCUT2D eigenvalue weighted by atomic mass is 9.82. The molecular formula is C7H12N2O5. The SMILES string of the molecule is CCCC(C(=O)O)(C(=O)O)C(=O)NN. The lowest BCUT2D eigenvalue weighted by Gasteiger charge is -2.21. The summed E-state index contributed by atoms with van der Waals surface area (Å²) in [4.78, 5) is 32.6. The van der Waals surface area contributed by atoms with Crippen molar-refractivity contribution in [3.63, 3.8) is 0 Å². The Labute approximate surface area is 79.9 Å². The summed E-state index contributed by atoms with van der Waals surface area (Å²) in [6.07, 6.45) is -0.0628. The average molecular weight is 204 g/mol. The van der Waals surface area contributed by atoms with Crippen LogP contribution in [0.15, 0.2) is 0 Å². The van der Waals surface area contributed by atoms with Crippen molar-refractivity contribution in [3.05, 3.63) is 0 Å². The maximum absolute atomic E-state index is 11.1. The highest BCUT2D eigenvalue weighted by molar-refractivity contribution is 6.18. The van der Waals surface area contributed by atoms with Gasteiger partial charge in [-0.05, 0) is 6.42 Å². The summed E-state index contributed by atoms with van der Waals surface area (Å²) in [6.45, 7) is 1.57. The van der Waals surface area contributed by atoms with Gasteiger partial charge in [-0.1, -0.05) is 13.3 Å². The number of amides is 1. The lowest BCUT2D eigenvalue weighted by molar-refractivity contribution is -0.169. The monoisotopic (exact) mass is 204 g/mol. The van der Waals surface area contributed by atoms with Crippen LogP contribution in [0.1, 0.15) is 19.8 Å². The van der Waals surface area contributed by atoms with E-state index in [0.717, 1.165) is 0 Å². The highest BCUT2D eigenvalue weighted by Gasteiger charge is 2.52. The molecule has 1 amide bonds. The molecule has 0 spiro atoms. The molecule has 0 aliphatic rings. The van der Waals surface area contributed by atoms with Gasteiger partial charge < -0.3 is 10.2 Å². The molecule has 0 bridgehead atoms. The molecule has 14 heavy (non-hydrogen) atoms. The first-order valence-corrected chi connectivity index (χ1v) is 3.91. The van der Waals surface area contributed by atoms with Crippen molar-refractivity contribution in [1.29, 1.82) is 0 Å². The third kappa shape index (κ3) is 1.82. The molecule has 0 aliphatic heterocycles. The van der Waals surface area contributed by atoms with Gasteiger partial charge in [0.2, 0.25) is 5.41 Å². The van der Waals surface area contributed by atoms with Crippen molar-refractivity contribution in [3.8, 4) is 0 Å². The van der Waals surface area contributed by atoms with Gasteiger partial charge in [-0.3, -0.25) is 19.8 Å². The van der Waals surface area contributed by atoms with Crippen LogP contribution >= 0.6 is 0 Å². The first-order valence-electron chi connectivity index (χ1n) is 3.91. The smallest absolute Gasteiger partial charge is 0.330 e. The normalized spacial score (nSPS) is 10.7. The molecule has 0 atom stereocenters. The summed E-state index contributed by atoms with van der Waals surface area (Å²) in [5.74, 6) is 0.0887. The van der Waals surface area contributed by atoms with E-state index in [0.29, 0.717) is 0 Å². The van der Waals surface area contributed by atoms with Crippen LogP contribution in [0.3, 0.4) is 0 Å². The molecule has 0 heterocycles. The van der Waals surface area contributed by atoms with Crippen LogP contribution in [-0.2, 0) is 14.4 Å². The standard InChI is InChI=1S/C7H12N2O5/c1-2-3-7(5(11)12,6(13)14)4(10)9-8/h2-3,8H2,1H3,(H,9,10)(H,11,12)(H,13,14). The molecule has 0 saturated heterocycles. The highest BCUT2D eigenvalue weighted by atomic mass is 16.4. The first-order chi connectivity index (χ1) is 6.43. The maximum Gasteiger partial charge on any atom is 0.330 e. The summed E-state index contributed by atoms with van der Waals surface area (Å²) in [5.41, 5.74) is -0.930. The summed E-state index contributed by atoms with van der Waals surface area (Å²) < 4.78 is 0. The predicted molar refractivity (Wildman–Crippen MR) is 44.9 cm³/mol. The number of nitrogens with two attached hydrogens (primary N) is 1. The molecule has 0 aromatic rings. The van der Waals surface area contributed by atoms with Crippen molar-refractivity contribution >= 4 is 17.8 Å². The Balaban J connectivity index is 5.26. The Morgan fingerprint density at radius 3 is 1.93 bits per heavy atom. The van der Waals surface area contributed by atoms with E-state index in [-0.39, 0.29) is 12.8 Å². The Hall–Kier alpha value is -1.63. The second-order valence-corrected chi connectivity index (χ2v) is 2.74. The van der Waals surface area contributed by atoms with Gasteiger partial charge in [0.25, 0.3) is 5.91 Å². The molecule has 0 aromatic carbocycles. The molecule has 7 heteroatoms. The minimum atomic E-state index is -2.48. The van der Waals surface area contributed by atoms with Crippen LogP contribution in [0.2, 0.25) is 0 Å². The Bertz CT molecular complexity index is 249. The zero-order valence-electron chi connectivity index (χ0n) is 7.61. The molecule has 0 unspecified atom stereocenters. The number of nitrogens with one attached hydrogen (secondary N) is 1. The van der Waals surface area contributed by atoms with Crippen molar-refractivity contribution in [2.75, 3.05) is 0 Å². The number of aliphatic carboxylic acids is 2. The Morgan fingerprint density at radius 2 is 1.71 bits per heavy atom. The van der Waals surface area contributed by atoms with Crippen LogP contribution in [0.25, 0.3) is 0 Å². The first kappa shape index (κ1) is 12.4. The Kier molecular flexibility index (Phi) is 4.03. The van der Waals surface area contributed by atoms with E-state index in [9.17, 15) is 14.4 Å². The third-order valence-corrected chi connectivity index (χ3v) is 1.87. The van der Waals surface area contributed by atoms with E-state index in [1.54, 1.807) is 12.3 Å². The molecule has 0 aliphatic carbocycles. The third-order valence-electron chi connectivity index (χ3n) is 1.87. The van der Waals surface area contributed by atoms with Crippen molar-refractivity contribution < 1.29 is 24.6 Å². The van der Waals surface area contributed by atoms with E-state index < -0.39 is 23.3 Å². The lowest BCUT2D eigenvalue weighted by Crippen LogP contribution is -2.53. The summed E-state index contributed by atoms with van der Waals surface area (Å²) >= 11 is 0. The molecule has 80 valence electrons. The van der Waals surface area contributed by atoms with Crippen LogP contribution in [0.4, 0.5) is 0 Å². The van der Waals surface area contributed by atoms with E-state index in [2.05, 4.69) is 0 Å². The van der Waals surface area contributed by atoms with Crippen LogP contribution in [-0.4, -0.2) is 28.1 Å². The molecule has 0 saturated carbocycles. The van der Waals surface area contributed by atoms with Crippen LogP contribution in [0.5, 0.6) is 0 Å². The van der Waals surface area contributed by atoms with E-state index >= 15 is 0 Å². The van der Waals surface area contributed by atoms with Gasteiger partial charge in [-0.15, -0.1) is 0 Å². The van der Waals surface area contributed by atoms with Gasteiger partial charge >= 0.3 is 11.9 Å². The fraction of sp³-hybridized carbons (Fsp3) is 0.571. The highest BCUT2D eigenvalue weighted by Crippen LogP contribution is 2.25. The van der Waals surface area contributed by atoms with Crippen molar-refractivity contribution in [2.45, 2.75) is 19.8 Å². The van der Waals surface area contributed by atoms with Gasteiger partial charge in [0.15, 0.2) is 0 Å². The van der Waals surface area contributed by atoms with Gasteiger partial charge in [0.1, 0.15) is 0 Å². The minimum Gasteiger partial charge on any atom is -0.480 e. The molecule has 0 rings (SSSR count). The fourth-order valence-corrected chi connectivity index (χ4v) is 1.11. The predicted octanol–water partition coefficient (Wildman–Crippen LogP) is -1.07. The number of hydrazine groups is 1. The van der Waals surface area contributed by atoms with Gasteiger partial charge in [-0.2, -0.15) is 0 Å². The second kappa shape index (κ2) is 4.56. The Morgan fingerprint density at radius 1 is 1.29 bits per heavy atom. The average Bonchev–Trinajstić information content (AvgIpc) is 2.11. The number of rotatable bonds is 5. The molecule has 0 aromatic heterocycles. The van der Waals surface area contributed by atoms with E-state index in [1.165, 1.54) is 0 Å². The summed E-state index contributed by atoms with van der Waals surface area (Å²) in [7, 11) is 0. The van der Waals surface area contributed by atoms with Crippen LogP contribution < -0.4 is 11.3 Å². The summed E-state index contributed by atoms with van der Waals surface area (Å²) in [5, 5.41) is 17.5. The molecular weight excluding hydrogens is 192 g/mol. The van der Waals surface area contributed by atoms with Gasteiger partial charge in [0, 0.05) is 0 Å². The quantitative estimate of drug-likeness (QED) is 0.195. The molecule has 0 radical (unpaired) electrons. The van der Waals surface area contributed by atoms with Crippen molar-refractivity contribution in [2.24, 2.45) is 11.3 Å². The van der Waals surface area contributed by atoms with E-state index in [4.69, 9.17) is 16.1 Å². The number of carbonyl (C=O) groups excluding carboxylic acids is 1. The molecule has 5 N–H and O–H groups in total. The van der Waals surface area contributed by atoms with Crippen LogP contribution in [0, 0.1) is 5.41 Å². The number of carboxylic acid groups (broad SMARTS) is 2. The second-order valence-electron chi connectivity index (χ2n) is 2.74. The maximum atomic E-state index is 11.1. The molecule has 7 nitrogen and oxygen atoms in total. The number of hydrogen-bond donors (Lipinski definition) is 4. The summed E-state index contributed by atoms with van der Waals surface area (Å²) in [6, 6.07) is 0. The van der Waals surface area contributed by atoms with Gasteiger partial charge in [0.05, 0.1) is 0 Å². The minimum absolute atomic E-state index is 0.242. The van der Waals surface area contributed by atoms with Crippen molar-refractivity contribution in [1.82, 2.24) is 5.43 Å². The molecule has 0 fully saturated rings. The van der Waals surface area contributed by atoms with Gasteiger partial charge in [-0.25, -0.2) is 5.84 Å².